The van der Waals surface area contributed by atoms with Gasteiger partial charge in [-0.25, -0.2) is 13.2 Å². The van der Waals surface area contributed by atoms with E-state index >= 15 is 4.39 Å². The lowest BCUT2D eigenvalue weighted by Crippen LogP contribution is -2.61. The van der Waals surface area contributed by atoms with E-state index in [1.165, 1.54) is 47.1 Å². The first-order valence-electron chi connectivity index (χ1n) is 15.2. The molecule has 0 radical (unpaired) electrons. The molecule has 4 aromatic rings. The summed E-state index contributed by atoms with van der Waals surface area (Å²) < 4.78 is 63.2. The highest BCUT2D eigenvalue weighted by Gasteiger charge is 2.43. The zero-order valence-electron chi connectivity index (χ0n) is 26.3. The van der Waals surface area contributed by atoms with E-state index in [2.05, 4.69) is 0 Å². The van der Waals surface area contributed by atoms with Crippen molar-refractivity contribution in [3.8, 4) is 17.2 Å². The Morgan fingerprint density at radius 1 is 0.915 bits per heavy atom. The number of hydrogen-bond donors (Lipinski definition) is 1. The molecule has 0 spiro atoms. The molecule has 2 heterocycles. The summed E-state index contributed by atoms with van der Waals surface area (Å²) in [5.74, 6) is -3.93. The molecule has 2 unspecified atom stereocenters. The Morgan fingerprint density at radius 2 is 1.64 bits per heavy atom. The van der Waals surface area contributed by atoms with E-state index in [0.29, 0.717) is 18.2 Å². The third kappa shape index (κ3) is 6.92. The molecule has 1 aliphatic rings. The van der Waals surface area contributed by atoms with E-state index in [4.69, 9.17) is 14.2 Å². The SMILES string of the molecule is CCCCOc1c2n(ccc1=O)N(C(c1cc(F)c(F)cc1O)c1ccccc1F)C(CCOCc1ccc(OC)cc1)N(C)C2=O. The van der Waals surface area contributed by atoms with E-state index in [9.17, 15) is 23.5 Å². The largest absolute Gasteiger partial charge is 0.507 e. The Labute approximate surface area is 270 Å². The van der Waals surface area contributed by atoms with Gasteiger partial charge in [0.15, 0.2) is 23.1 Å². The molecule has 1 amide bonds. The van der Waals surface area contributed by atoms with Gasteiger partial charge in [0.1, 0.15) is 29.5 Å². The minimum absolute atomic E-state index is 0.00110. The van der Waals surface area contributed by atoms with Gasteiger partial charge < -0.3 is 24.2 Å². The smallest absolute Gasteiger partial charge is 0.277 e. The zero-order chi connectivity index (χ0) is 33.7. The minimum atomic E-state index is -1.32. The number of benzene rings is 3. The van der Waals surface area contributed by atoms with Gasteiger partial charge in [-0.1, -0.05) is 43.7 Å². The Bertz CT molecular complexity index is 1780. The molecule has 9 nitrogen and oxygen atoms in total. The molecule has 1 aliphatic heterocycles. The van der Waals surface area contributed by atoms with Crippen molar-refractivity contribution in [2.45, 2.75) is 45.0 Å². The van der Waals surface area contributed by atoms with E-state index in [1.807, 2.05) is 19.1 Å². The van der Waals surface area contributed by atoms with Crippen LogP contribution in [0.4, 0.5) is 13.2 Å². The van der Waals surface area contributed by atoms with Crippen LogP contribution in [0.25, 0.3) is 0 Å². The first-order chi connectivity index (χ1) is 22.7. The van der Waals surface area contributed by atoms with Gasteiger partial charge in [0.05, 0.1) is 26.9 Å². The number of pyridine rings is 1. The van der Waals surface area contributed by atoms with Gasteiger partial charge in [-0.2, -0.15) is 0 Å². The highest BCUT2D eigenvalue weighted by atomic mass is 19.2. The lowest BCUT2D eigenvalue weighted by atomic mass is 9.95. The third-order valence-electron chi connectivity index (χ3n) is 8.08. The first-order valence-corrected chi connectivity index (χ1v) is 15.2. The van der Waals surface area contributed by atoms with E-state index < -0.39 is 46.7 Å². The third-order valence-corrected chi connectivity index (χ3v) is 8.08. The normalized spacial score (nSPS) is 15.0. The first kappa shape index (κ1) is 33.4. The lowest BCUT2D eigenvalue weighted by Gasteiger charge is -2.49. The van der Waals surface area contributed by atoms with Gasteiger partial charge >= 0.3 is 0 Å². The standard InChI is InChI=1S/C35H36F3N3O6/c1-4-5-17-47-34-29(42)14-16-40-33(34)35(44)39(2)31(15-18-46-21-22-10-12-23(45-3)13-11-22)41(40)32(24-8-6-7-9-26(24)36)25-19-27(37)28(38)20-30(25)43/h6-14,16,19-20,31-32,43H,4-5,15,17-18,21H2,1-3H3. The summed E-state index contributed by atoms with van der Waals surface area (Å²) in [4.78, 5) is 28.4. The number of phenolic OH excluding ortho intramolecular Hbond substituents is 1. The van der Waals surface area contributed by atoms with Crippen LogP contribution in [0.2, 0.25) is 0 Å². The average molecular weight is 652 g/mol. The van der Waals surface area contributed by atoms with Crippen LogP contribution >= 0.6 is 0 Å². The van der Waals surface area contributed by atoms with Crippen molar-refractivity contribution in [2.24, 2.45) is 0 Å². The summed E-state index contributed by atoms with van der Waals surface area (Å²) in [6.45, 7) is 2.48. The Hall–Kier alpha value is -4.97. The van der Waals surface area contributed by atoms with Crippen molar-refractivity contribution >= 4 is 5.91 Å². The number of aromatic nitrogens is 1. The summed E-state index contributed by atoms with van der Waals surface area (Å²) in [6, 6.07) is 14.3. The van der Waals surface area contributed by atoms with Gasteiger partial charge in [-0.05, 0) is 36.2 Å². The maximum atomic E-state index is 15.7. The van der Waals surface area contributed by atoms with Crippen LogP contribution in [-0.2, 0) is 11.3 Å². The number of nitrogens with zero attached hydrogens (tertiary/aromatic N) is 3. The van der Waals surface area contributed by atoms with Crippen LogP contribution in [0, 0.1) is 17.5 Å². The van der Waals surface area contributed by atoms with E-state index in [-0.39, 0.29) is 48.8 Å². The maximum absolute atomic E-state index is 15.7. The van der Waals surface area contributed by atoms with Crippen molar-refractivity contribution < 1.29 is 37.3 Å². The Morgan fingerprint density at radius 3 is 2.34 bits per heavy atom. The van der Waals surface area contributed by atoms with Gasteiger partial charge in [-0.3, -0.25) is 19.3 Å². The zero-order valence-corrected chi connectivity index (χ0v) is 26.3. The molecule has 0 aliphatic carbocycles. The number of amides is 1. The Balaban J connectivity index is 1.64. The van der Waals surface area contributed by atoms with Crippen molar-refractivity contribution in [1.29, 1.82) is 0 Å². The number of fused-ring (bicyclic) bond motifs is 1. The molecule has 0 saturated heterocycles. The van der Waals surface area contributed by atoms with Gasteiger partial charge in [-0.15, -0.1) is 0 Å². The number of phenols is 1. The lowest BCUT2D eigenvalue weighted by molar-refractivity contribution is 0.0497. The van der Waals surface area contributed by atoms with Crippen LogP contribution in [0.5, 0.6) is 17.2 Å². The minimum Gasteiger partial charge on any atom is -0.507 e. The fourth-order valence-corrected chi connectivity index (χ4v) is 5.62. The number of unbranched alkanes of at least 4 members (excludes halogenated alkanes) is 1. The van der Waals surface area contributed by atoms with Crippen molar-refractivity contribution in [1.82, 2.24) is 9.58 Å². The molecule has 1 N–H and O–H groups in total. The molecule has 2 atom stereocenters. The second kappa shape index (κ2) is 14.6. The predicted octanol–water partition coefficient (Wildman–Crippen LogP) is 5.90. The summed E-state index contributed by atoms with van der Waals surface area (Å²) in [7, 11) is 3.09. The molecule has 248 valence electrons. The van der Waals surface area contributed by atoms with Crippen molar-refractivity contribution in [2.75, 3.05) is 32.4 Å². The molecule has 12 heteroatoms. The molecule has 0 bridgehead atoms. The van der Waals surface area contributed by atoms with Gasteiger partial charge in [0.25, 0.3) is 5.91 Å². The maximum Gasteiger partial charge on any atom is 0.277 e. The summed E-state index contributed by atoms with van der Waals surface area (Å²) >= 11 is 0. The van der Waals surface area contributed by atoms with Crippen LogP contribution in [0.3, 0.4) is 0 Å². The number of hydrogen-bond acceptors (Lipinski definition) is 7. The molecule has 3 aromatic carbocycles. The van der Waals surface area contributed by atoms with Crippen molar-refractivity contribution in [3.05, 3.63) is 123 Å². The monoisotopic (exact) mass is 651 g/mol. The summed E-state index contributed by atoms with van der Waals surface area (Å²) in [5, 5.41) is 12.5. The highest BCUT2D eigenvalue weighted by molar-refractivity contribution is 5.96. The average Bonchev–Trinajstić information content (AvgIpc) is 3.06. The number of rotatable bonds is 13. The van der Waals surface area contributed by atoms with E-state index in [0.717, 1.165) is 18.1 Å². The number of halogens is 3. The van der Waals surface area contributed by atoms with Gasteiger partial charge in [0.2, 0.25) is 5.43 Å². The molecule has 0 fully saturated rings. The van der Waals surface area contributed by atoms with Crippen LogP contribution in [0.15, 0.2) is 77.7 Å². The summed E-state index contributed by atoms with van der Waals surface area (Å²) in [5.41, 5.74) is 0.0458. The highest BCUT2D eigenvalue weighted by Crippen LogP contribution is 2.40. The quantitative estimate of drug-likeness (QED) is 0.180. The van der Waals surface area contributed by atoms with Crippen LogP contribution < -0.4 is 19.9 Å². The molecular formula is C35H36F3N3O6. The molecule has 0 saturated carbocycles. The van der Waals surface area contributed by atoms with Gasteiger partial charge in [0, 0.05) is 42.9 Å². The molecule has 5 rings (SSSR count). The van der Waals surface area contributed by atoms with E-state index in [1.54, 1.807) is 30.3 Å². The molecule has 1 aromatic heterocycles. The number of carbonyl (C=O) groups is 1. The Kier molecular flexibility index (Phi) is 10.4. The van der Waals surface area contributed by atoms with Crippen molar-refractivity contribution in [3.63, 3.8) is 0 Å². The number of carbonyl (C=O) groups excluding carboxylic acids is 1. The fraction of sp³-hybridized carbons (Fsp3) is 0.314. The topological polar surface area (TPSA) is 93.5 Å². The molecule has 47 heavy (non-hydrogen) atoms. The van der Waals surface area contributed by atoms with Crippen LogP contribution in [-0.4, -0.2) is 54.1 Å². The summed E-state index contributed by atoms with van der Waals surface area (Å²) in [6.07, 6.45) is 2.01. The number of ether oxygens (including phenoxy) is 3. The second-order valence-corrected chi connectivity index (χ2v) is 11.1. The number of methoxy groups -OCH3 is 1. The number of aromatic hydroxyl groups is 1. The molecular weight excluding hydrogens is 615 g/mol. The fourth-order valence-electron chi connectivity index (χ4n) is 5.62. The predicted molar refractivity (Wildman–Crippen MR) is 169 cm³/mol. The van der Waals surface area contributed by atoms with Crippen LogP contribution in [0.1, 0.15) is 59.4 Å². The second-order valence-electron chi connectivity index (χ2n) is 11.1.